The van der Waals surface area contributed by atoms with Crippen LogP contribution in [-0.2, 0) is 10.0 Å². The first-order valence-corrected chi connectivity index (χ1v) is 7.51. The summed E-state index contributed by atoms with van der Waals surface area (Å²) in [5, 5.41) is 0. The molecular weight excluding hydrogens is 248 g/mol. The Morgan fingerprint density at radius 1 is 1.33 bits per heavy atom. The maximum Gasteiger partial charge on any atom is 0.241 e. The van der Waals surface area contributed by atoms with Crippen LogP contribution in [0.15, 0.2) is 17.0 Å². The van der Waals surface area contributed by atoms with Crippen LogP contribution in [0.2, 0.25) is 0 Å². The second kappa shape index (κ2) is 3.96. The lowest BCUT2D eigenvalue weighted by atomic mass is 10.1. The predicted molar refractivity (Wildman–Crippen MR) is 72.8 cm³/mol. The molecule has 1 aliphatic rings. The van der Waals surface area contributed by atoms with Crippen LogP contribution in [0.4, 0.5) is 5.69 Å². The van der Waals surface area contributed by atoms with E-state index >= 15 is 0 Å². The van der Waals surface area contributed by atoms with Crippen LogP contribution in [0, 0.1) is 19.3 Å². The van der Waals surface area contributed by atoms with Gasteiger partial charge >= 0.3 is 0 Å². The maximum absolute atomic E-state index is 12.3. The van der Waals surface area contributed by atoms with E-state index in [1.807, 2.05) is 6.92 Å². The Balaban J connectivity index is 2.36. The molecule has 0 spiro atoms. The number of anilines is 1. The summed E-state index contributed by atoms with van der Waals surface area (Å²) >= 11 is 0. The molecule has 100 valence electrons. The molecule has 1 aromatic rings. The van der Waals surface area contributed by atoms with E-state index in [1.165, 1.54) is 6.07 Å². The van der Waals surface area contributed by atoms with E-state index in [1.54, 1.807) is 13.0 Å². The Labute approximate surface area is 109 Å². The van der Waals surface area contributed by atoms with Gasteiger partial charge in [-0.3, -0.25) is 0 Å². The summed E-state index contributed by atoms with van der Waals surface area (Å²) in [7, 11) is -3.47. The highest BCUT2D eigenvalue weighted by Crippen LogP contribution is 2.45. The SMILES string of the molecule is Cc1cc(N)cc(S(=O)(=O)NC2CC2(C)C)c1C. The second-order valence-electron chi connectivity index (χ2n) is 5.83. The summed E-state index contributed by atoms with van der Waals surface area (Å²) in [6, 6.07) is 3.35. The summed E-state index contributed by atoms with van der Waals surface area (Å²) < 4.78 is 27.4. The molecule has 5 heteroatoms. The molecule has 0 bridgehead atoms. The minimum absolute atomic E-state index is 0.0311. The number of sulfonamides is 1. The van der Waals surface area contributed by atoms with Gasteiger partial charge < -0.3 is 5.73 Å². The minimum atomic E-state index is -3.47. The zero-order valence-electron chi connectivity index (χ0n) is 11.2. The molecule has 0 amide bonds. The molecule has 0 aromatic heterocycles. The molecule has 0 aliphatic heterocycles. The van der Waals surface area contributed by atoms with Gasteiger partial charge in [-0.2, -0.15) is 0 Å². The van der Waals surface area contributed by atoms with E-state index in [-0.39, 0.29) is 11.5 Å². The third-order valence-electron chi connectivity index (χ3n) is 3.74. The number of hydrogen-bond donors (Lipinski definition) is 2. The zero-order valence-corrected chi connectivity index (χ0v) is 12.1. The van der Waals surface area contributed by atoms with Crippen molar-refractivity contribution in [1.29, 1.82) is 0 Å². The molecule has 4 nitrogen and oxygen atoms in total. The van der Waals surface area contributed by atoms with Crippen molar-refractivity contribution in [2.75, 3.05) is 5.73 Å². The lowest BCUT2D eigenvalue weighted by Crippen LogP contribution is -2.29. The van der Waals surface area contributed by atoms with Gasteiger partial charge in [0.25, 0.3) is 0 Å². The summed E-state index contributed by atoms with van der Waals surface area (Å²) in [6.45, 7) is 7.78. The fraction of sp³-hybridized carbons (Fsp3) is 0.538. The van der Waals surface area contributed by atoms with E-state index in [0.717, 1.165) is 17.5 Å². The minimum Gasteiger partial charge on any atom is -0.399 e. The van der Waals surface area contributed by atoms with E-state index in [2.05, 4.69) is 18.6 Å². The van der Waals surface area contributed by atoms with E-state index in [9.17, 15) is 8.42 Å². The molecule has 1 unspecified atom stereocenters. The number of nitrogens with one attached hydrogen (secondary N) is 1. The van der Waals surface area contributed by atoms with Gasteiger partial charge in [0.05, 0.1) is 4.90 Å². The fourth-order valence-corrected chi connectivity index (χ4v) is 3.81. The van der Waals surface area contributed by atoms with Crippen LogP contribution in [0.25, 0.3) is 0 Å². The first kappa shape index (κ1) is 13.4. The van der Waals surface area contributed by atoms with Gasteiger partial charge in [-0.05, 0) is 48.9 Å². The van der Waals surface area contributed by atoms with Crippen molar-refractivity contribution in [2.24, 2.45) is 5.41 Å². The van der Waals surface area contributed by atoms with Gasteiger partial charge in [0, 0.05) is 11.7 Å². The van der Waals surface area contributed by atoms with Gasteiger partial charge in [0.1, 0.15) is 0 Å². The number of benzene rings is 1. The van der Waals surface area contributed by atoms with Crippen molar-refractivity contribution < 1.29 is 8.42 Å². The Bertz CT molecular complexity index is 591. The van der Waals surface area contributed by atoms with E-state index < -0.39 is 10.0 Å². The van der Waals surface area contributed by atoms with E-state index in [0.29, 0.717) is 10.6 Å². The molecule has 0 radical (unpaired) electrons. The molecule has 1 fully saturated rings. The summed E-state index contributed by atoms with van der Waals surface area (Å²) in [5.41, 5.74) is 7.93. The van der Waals surface area contributed by atoms with Gasteiger partial charge in [-0.15, -0.1) is 0 Å². The molecular formula is C13H20N2O2S. The van der Waals surface area contributed by atoms with E-state index in [4.69, 9.17) is 5.73 Å². The largest absolute Gasteiger partial charge is 0.399 e. The quantitative estimate of drug-likeness (QED) is 0.823. The summed E-state index contributed by atoms with van der Waals surface area (Å²) in [4.78, 5) is 0.294. The van der Waals surface area contributed by atoms with Crippen molar-refractivity contribution in [1.82, 2.24) is 4.72 Å². The standard InChI is InChI=1S/C13H20N2O2S/c1-8-5-10(14)6-11(9(8)2)18(16,17)15-12-7-13(12,3)4/h5-6,12,15H,7,14H2,1-4H3. The molecule has 0 saturated heterocycles. The summed E-state index contributed by atoms with van der Waals surface area (Å²) in [5.74, 6) is 0. The topological polar surface area (TPSA) is 72.2 Å². The maximum atomic E-state index is 12.3. The Kier molecular flexibility index (Phi) is 2.94. The predicted octanol–water partition coefficient (Wildman–Crippen LogP) is 1.96. The first-order valence-electron chi connectivity index (χ1n) is 6.02. The first-order chi connectivity index (χ1) is 8.13. The third kappa shape index (κ3) is 2.37. The lowest BCUT2D eigenvalue weighted by molar-refractivity contribution is 0.554. The molecule has 1 saturated carbocycles. The van der Waals surface area contributed by atoms with Crippen molar-refractivity contribution in [3.05, 3.63) is 23.3 Å². The van der Waals surface area contributed by atoms with Crippen molar-refractivity contribution >= 4 is 15.7 Å². The van der Waals surface area contributed by atoms with Crippen LogP contribution in [0.1, 0.15) is 31.4 Å². The van der Waals surface area contributed by atoms with Crippen molar-refractivity contribution in [2.45, 2.75) is 45.1 Å². The third-order valence-corrected chi connectivity index (χ3v) is 5.34. The number of hydrogen-bond acceptors (Lipinski definition) is 3. The van der Waals surface area contributed by atoms with Crippen molar-refractivity contribution in [3.63, 3.8) is 0 Å². The van der Waals surface area contributed by atoms with Crippen LogP contribution >= 0.6 is 0 Å². The number of nitrogen functional groups attached to an aromatic ring is 1. The molecule has 1 aromatic carbocycles. The monoisotopic (exact) mass is 268 g/mol. The molecule has 1 aliphatic carbocycles. The molecule has 2 rings (SSSR count). The van der Waals surface area contributed by atoms with Gasteiger partial charge in [0.2, 0.25) is 10.0 Å². The normalized spacial score (nSPS) is 21.9. The van der Waals surface area contributed by atoms with Crippen molar-refractivity contribution in [3.8, 4) is 0 Å². The molecule has 3 N–H and O–H groups in total. The highest BCUT2D eigenvalue weighted by Gasteiger charge is 2.48. The smallest absolute Gasteiger partial charge is 0.241 e. The zero-order chi connectivity index (χ0) is 13.7. The highest BCUT2D eigenvalue weighted by molar-refractivity contribution is 7.89. The summed E-state index contributed by atoms with van der Waals surface area (Å²) in [6.07, 6.45) is 0.882. The Morgan fingerprint density at radius 3 is 2.39 bits per heavy atom. The number of nitrogens with two attached hydrogens (primary N) is 1. The van der Waals surface area contributed by atoms with Crippen LogP contribution in [0.3, 0.4) is 0 Å². The lowest BCUT2D eigenvalue weighted by Gasteiger charge is -2.13. The molecule has 1 atom stereocenters. The van der Waals surface area contributed by atoms with Crippen LogP contribution in [-0.4, -0.2) is 14.5 Å². The average molecular weight is 268 g/mol. The Morgan fingerprint density at radius 2 is 1.89 bits per heavy atom. The van der Waals surface area contributed by atoms with Gasteiger partial charge in [-0.1, -0.05) is 13.8 Å². The van der Waals surface area contributed by atoms with Crippen LogP contribution < -0.4 is 10.5 Å². The van der Waals surface area contributed by atoms with Crippen LogP contribution in [0.5, 0.6) is 0 Å². The second-order valence-corrected chi connectivity index (χ2v) is 7.51. The number of aryl methyl sites for hydroxylation is 1. The highest BCUT2D eigenvalue weighted by atomic mass is 32.2. The van der Waals surface area contributed by atoms with Gasteiger partial charge in [-0.25, -0.2) is 13.1 Å². The average Bonchev–Trinajstić information content (AvgIpc) is 2.78. The fourth-order valence-electron chi connectivity index (χ4n) is 2.05. The number of rotatable bonds is 3. The molecule has 18 heavy (non-hydrogen) atoms. The molecule has 0 heterocycles. The Hall–Kier alpha value is -1.07. The van der Waals surface area contributed by atoms with Gasteiger partial charge in [0.15, 0.2) is 0 Å².